The second-order valence-electron chi connectivity index (χ2n) is 4.63. The number of amides is 1. The Morgan fingerprint density at radius 3 is 2.39 bits per heavy atom. The van der Waals surface area contributed by atoms with Gasteiger partial charge in [0.1, 0.15) is 11.7 Å². The maximum atomic E-state index is 11.9. The average Bonchev–Trinajstić information content (AvgIpc) is 2.56. The summed E-state index contributed by atoms with van der Waals surface area (Å²) in [6, 6.07) is -0.862. The highest BCUT2D eigenvalue weighted by molar-refractivity contribution is 7.11. The minimum atomic E-state index is -1.01. The van der Waals surface area contributed by atoms with Crippen LogP contribution in [-0.2, 0) is 4.79 Å². The van der Waals surface area contributed by atoms with Crippen LogP contribution >= 0.6 is 11.3 Å². The molecule has 0 aliphatic heterocycles. The Labute approximate surface area is 110 Å². The van der Waals surface area contributed by atoms with Gasteiger partial charge in [0.05, 0.1) is 5.01 Å². The molecule has 2 N–H and O–H groups in total. The van der Waals surface area contributed by atoms with E-state index in [9.17, 15) is 9.59 Å². The Kier molecular flexibility index (Phi) is 4.84. The maximum absolute atomic E-state index is 11.9. The molecule has 0 saturated heterocycles. The topological polar surface area (TPSA) is 79.3 Å². The van der Waals surface area contributed by atoms with E-state index in [1.54, 1.807) is 6.92 Å². The molecule has 1 atom stereocenters. The van der Waals surface area contributed by atoms with Crippen LogP contribution in [0.15, 0.2) is 0 Å². The van der Waals surface area contributed by atoms with E-state index in [4.69, 9.17) is 5.11 Å². The first-order valence-corrected chi connectivity index (χ1v) is 6.60. The van der Waals surface area contributed by atoms with Crippen LogP contribution in [0.5, 0.6) is 0 Å². The van der Waals surface area contributed by atoms with Crippen LogP contribution in [0.25, 0.3) is 0 Å². The summed E-state index contributed by atoms with van der Waals surface area (Å²) >= 11 is 1.43. The molecule has 100 valence electrons. The summed E-state index contributed by atoms with van der Waals surface area (Å²) < 4.78 is 0. The lowest BCUT2D eigenvalue weighted by Gasteiger charge is -2.15. The molecule has 0 fully saturated rings. The normalized spacial score (nSPS) is 12.5. The van der Waals surface area contributed by atoms with Crippen molar-refractivity contribution in [1.82, 2.24) is 10.3 Å². The van der Waals surface area contributed by atoms with E-state index < -0.39 is 17.9 Å². The zero-order valence-corrected chi connectivity index (χ0v) is 11.8. The van der Waals surface area contributed by atoms with Crippen molar-refractivity contribution in [3.63, 3.8) is 0 Å². The number of hydrogen-bond acceptors (Lipinski definition) is 4. The number of aryl methyl sites for hydroxylation is 2. The Bertz CT molecular complexity index is 454. The number of carbonyl (C=O) groups is 2. The van der Waals surface area contributed by atoms with Gasteiger partial charge in [0.25, 0.3) is 5.91 Å². The Hall–Kier alpha value is -1.43. The van der Waals surface area contributed by atoms with Crippen molar-refractivity contribution >= 4 is 23.2 Å². The van der Waals surface area contributed by atoms with Gasteiger partial charge in [-0.25, -0.2) is 9.78 Å². The quantitative estimate of drug-likeness (QED) is 0.857. The van der Waals surface area contributed by atoms with Gasteiger partial charge in [0, 0.05) is 4.88 Å². The lowest BCUT2D eigenvalue weighted by molar-refractivity contribution is -0.139. The molecule has 6 heteroatoms. The van der Waals surface area contributed by atoms with Gasteiger partial charge < -0.3 is 10.4 Å². The summed E-state index contributed by atoms with van der Waals surface area (Å²) in [4.78, 5) is 27.9. The van der Waals surface area contributed by atoms with Crippen LogP contribution in [0, 0.1) is 19.8 Å². The molecule has 0 unspecified atom stereocenters. The number of carboxylic acids is 1. The van der Waals surface area contributed by atoms with Crippen LogP contribution in [0.4, 0.5) is 0 Å². The number of nitrogens with zero attached hydrogens (tertiary/aromatic N) is 1. The number of rotatable bonds is 5. The molecule has 0 aromatic carbocycles. The van der Waals surface area contributed by atoms with Crippen LogP contribution in [0.2, 0.25) is 0 Å². The van der Waals surface area contributed by atoms with Crippen molar-refractivity contribution < 1.29 is 14.7 Å². The number of thiazole rings is 1. The molecule has 5 nitrogen and oxygen atoms in total. The lowest BCUT2D eigenvalue weighted by atomic mass is 10.0. The second-order valence-corrected chi connectivity index (χ2v) is 6.04. The van der Waals surface area contributed by atoms with E-state index in [0.29, 0.717) is 12.1 Å². The highest BCUT2D eigenvalue weighted by atomic mass is 32.1. The third-order valence-corrected chi connectivity index (χ3v) is 3.32. The van der Waals surface area contributed by atoms with Crippen molar-refractivity contribution in [3.05, 3.63) is 15.6 Å². The standard InChI is InChI=1S/C12H18N2O3S/c1-6(2)5-9(12(16)17)14-11(15)10-7(3)18-8(4)13-10/h6,9H,5H2,1-4H3,(H,14,15)(H,16,17)/t9-/m1/s1. The molecular formula is C12H18N2O3S. The smallest absolute Gasteiger partial charge is 0.326 e. The van der Waals surface area contributed by atoms with Crippen molar-refractivity contribution in [1.29, 1.82) is 0 Å². The van der Waals surface area contributed by atoms with Gasteiger partial charge in [-0.15, -0.1) is 11.3 Å². The van der Waals surface area contributed by atoms with Gasteiger partial charge in [-0.05, 0) is 26.2 Å². The molecule has 0 bridgehead atoms. The lowest BCUT2D eigenvalue weighted by Crippen LogP contribution is -2.42. The monoisotopic (exact) mass is 270 g/mol. The second kappa shape index (κ2) is 5.95. The fourth-order valence-corrected chi connectivity index (χ4v) is 2.47. The first-order valence-electron chi connectivity index (χ1n) is 5.79. The van der Waals surface area contributed by atoms with Crippen molar-refractivity contribution in [2.45, 2.75) is 40.2 Å². The molecule has 1 heterocycles. The summed E-state index contributed by atoms with van der Waals surface area (Å²) in [5, 5.41) is 12.4. The minimum absolute atomic E-state index is 0.199. The predicted octanol–water partition coefficient (Wildman–Crippen LogP) is 1.99. The SMILES string of the molecule is Cc1nc(C(=O)N[C@H](CC(C)C)C(=O)O)c(C)s1. The van der Waals surface area contributed by atoms with Crippen LogP contribution in [-0.4, -0.2) is 28.0 Å². The van der Waals surface area contributed by atoms with Crippen molar-refractivity contribution in [2.75, 3.05) is 0 Å². The summed E-state index contributed by atoms with van der Waals surface area (Å²) in [5.41, 5.74) is 0.326. The maximum Gasteiger partial charge on any atom is 0.326 e. The number of carboxylic acid groups (broad SMARTS) is 1. The fourth-order valence-electron chi connectivity index (χ4n) is 1.66. The molecule has 1 aromatic rings. The third kappa shape index (κ3) is 3.80. The molecule has 0 aliphatic rings. The van der Waals surface area contributed by atoms with E-state index in [0.717, 1.165) is 9.88 Å². The summed E-state index contributed by atoms with van der Waals surface area (Å²) in [7, 11) is 0. The Morgan fingerprint density at radius 1 is 1.39 bits per heavy atom. The summed E-state index contributed by atoms with van der Waals surface area (Å²) in [6.45, 7) is 7.45. The first kappa shape index (κ1) is 14.6. The van der Waals surface area contributed by atoms with E-state index in [1.807, 2.05) is 20.8 Å². The van der Waals surface area contributed by atoms with E-state index >= 15 is 0 Å². The van der Waals surface area contributed by atoms with Gasteiger partial charge in [0.2, 0.25) is 0 Å². The molecule has 1 rings (SSSR count). The van der Waals surface area contributed by atoms with Gasteiger partial charge in [-0.2, -0.15) is 0 Å². The van der Waals surface area contributed by atoms with Crippen molar-refractivity contribution in [2.24, 2.45) is 5.92 Å². The number of carbonyl (C=O) groups excluding carboxylic acids is 1. The molecule has 1 amide bonds. The highest BCUT2D eigenvalue weighted by Gasteiger charge is 2.23. The minimum Gasteiger partial charge on any atom is -0.480 e. The first-order chi connectivity index (χ1) is 8.31. The van der Waals surface area contributed by atoms with Crippen LogP contribution in [0.3, 0.4) is 0 Å². The van der Waals surface area contributed by atoms with E-state index in [1.165, 1.54) is 11.3 Å². The van der Waals surface area contributed by atoms with Crippen molar-refractivity contribution in [3.8, 4) is 0 Å². The zero-order chi connectivity index (χ0) is 13.9. The molecule has 0 spiro atoms. The van der Waals surface area contributed by atoms with Gasteiger partial charge in [-0.1, -0.05) is 13.8 Å². The van der Waals surface area contributed by atoms with Crippen LogP contribution in [0.1, 0.15) is 40.6 Å². The zero-order valence-electron chi connectivity index (χ0n) is 11.0. The van der Waals surface area contributed by atoms with E-state index in [-0.39, 0.29) is 5.92 Å². The molecular weight excluding hydrogens is 252 g/mol. The third-order valence-electron chi connectivity index (χ3n) is 2.43. The van der Waals surface area contributed by atoms with Crippen LogP contribution < -0.4 is 5.32 Å². The predicted molar refractivity (Wildman–Crippen MR) is 69.9 cm³/mol. The van der Waals surface area contributed by atoms with Gasteiger partial charge in [0.15, 0.2) is 0 Å². The van der Waals surface area contributed by atoms with Gasteiger partial charge >= 0.3 is 5.97 Å². The largest absolute Gasteiger partial charge is 0.480 e. The fraction of sp³-hybridized carbons (Fsp3) is 0.583. The summed E-state index contributed by atoms with van der Waals surface area (Å²) in [6.07, 6.45) is 0.406. The molecule has 0 aliphatic carbocycles. The molecule has 18 heavy (non-hydrogen) atoms. The molecule has 0 radical (unpaired) electrons. The molecule has 1 aromatic heterocycles. The number of aliphatic carboxylic acids is 1. The number of nitrogens with one attached hydrogen (secondary N) is 1. The Morgan fingerprint density at radius 2 is 2.00 bits per heavy atom. The summed E-state index contributed by atoms with van der Waals surface area (Å²) in [5.74, 6) is -1.23. The van der Waals surface area contributed by atoms with E-state index in [2.05, 4.69) is 10.3 Å². The Balaban J connectivity index is 2.78. The van der Waals surface area contributed by atoms with Gasteiger partial charge in [-0.3, -0.25) is 4.79 Å². The number of aromatic nitrogens is 1. The average molecular weight is 270 g/mol. The highest BCUT2D eigenvalue weighted by Crippen LogP contribution is 2.16. The molecule has 0 saturated carbocycles. The number of hydrogen-bond donors (Lipinski definition) is 2.